The van der Waals surface area contributed by atoms with E-state index >= 15 is 0 Å². The van der Waals surface area contributed by atoms with Crippen molar-refractivity contribution in [2.75, 3.05) is 5.73 Å². The molecule has 0 saturated carbocycles. The van der Waals surface area contributed by atoms with Gasteiger partial charge in [-0.05, 0) is 31.2 Å². The van der Waals surface area contributed by atoms with Gasteiger partial charge in [-0.25, -0.2) is 0 Å². The first-order chi connectivity index (χ1) is 9.56. The van der Waals surface area contributed by atoms with Gasteiger partial charge in [0.2, 0.25) is 0 Å². The van der Waals surface area contributed by atoms with E-state index < -0.39 is 4.92 Å². The van der Waals surface area contributed by atoms with Gasteiger partial charge in [-0.15, -0.1) is 10.2 Å². The largest absolute Gasteiger partial charge is 0.393 e. The Hall–Kier alpha value is -3.03. The van der Waals surface area contributed by atoms with E-state index in [9.17, 15) is 10.1 Å². The van der Waals surface area contributed by atoms with E-state index in [0.717, 1.165) is 5.69 Å². The number of nitro groups is 1. The molecule has 20 heavy (non-hydrogen) atoms. The summed E-state index contributed by atoms with van der Waals surface area (Å²) in [6, 6.07) is 8.10. The van der Waals surface area contributed by atoms with E-state index in [4.69, 9.17) is 5.73 Å². The summed E-state index contributed by atoms with van der Waals surface area (Å²) in [7, 11) is 0. The standard InChI is InChI=1S/C12H10N6O2/c1-7-2-5-11-14-15-12(17(11)16-7)8-3-4-9(13)10(6-8)18(19)20/h2-6H,13H2,1H3. The zero-order valence-corrected chi connectivity index (χ0v) is 10.5. The maximum Gasteiger partial charge on any atom is 0.292 e. The van der Waals surface area contributed by atoms with Gasteiger partial charge >= 0.3 is 0 Å². The van der Waals surface area contributed by atoms with Crippen LogP contribution in [0.4, 0.5) is 11.4 Å². The third kappa shape index (κ3) is 1.83. The van der Waals surface area contributed by atoms with Crippen molar-refractivity contribution in [3.63, 3.8) is 0 Å². The molecule has 0 aliphatic heterocycles. The average molecular weight is 270 g/mol. The second-order valence-electron chi connectivity index (χ2n) is 4.30. The van der Waals surface area contributed by atoms with Crippen molar-refractivity contribution in [2.45, 2.75) is 6.92 Å². The predicted octanol–water partition coefficient (Wildman–Crippen LogP) is 1.59. The lowest BCUT2D eigenvalue weighted by Gasteiger charge is -2.02. The van der Waals surface area contributed by atoms with E-state index in [1.807, 2.05) is 13.0 Å². The van der Waals surface area contributed by atoms with E-state index in [2.05, 4.69) is 15.3 Å². The number of benzene rings is 1. The van der Waals surface area contributed by atoms with Crippen molar-refractivity contribution in [1.82, 2.24) is 19.8 Å². The maximum atomic E-state index is 10.9. The quantitative estimate of drug-likeness (QED) is 0.430. The molecule has 1 aromatic carbocycles. The topological polar surface area (TPSA) is 112 Å². The van der Waals surface area contributed by atoms with Crippen LogP contribution in [0.5, 0.6) is 0 Å². The molecule has 3 aromatic rings. The van der Waals surface area contributed by atoms with Crippen LogP contribution in [0.1, 0.15) is 5.69 Å². The Balaban J connectivity index is 2.23. The molecule has 2 aromatic heterocycles. The van der Waals surface area contributed by atoms with Crippen molar-refractivity contribution in [2.24, 2.45) is 0 Å². The van der Waals surface area contributed by atoms with Crippen LogP contribution in [0.25, 0.3) is 17.0 Å². The normalized spacial score (nSPS) is 10.8. The second-order valence-corrected chi connectivity index (χ2v) is 4.30. The fourth-order valence-electron chi connectivity index (χ4n) is 1.90. The van der Waals surface area contributed by atoms with Crippen LogP contribution in [0.15, 0.2) is 30.3 Å². The summed E-state index contributed by atoms with van der Waals surface area (Å²) in [4.78, 5) is 10.4. The molecule has 0 aliphatic rings. The summed E-state index contributed by atoms with van der Waals surface area (Å²) in [5.41, 5.74) is 7.44. The van der Waals surface area contributed by atoms with E-state index in [1.165, 1.54) is 12.1 Å². The van der Waals surface area contributed by atoms with E-state index in [-0.39, 0.29) is 11.4 Å². The second kappa shape index (κ2) is 4.26. The number of fused-ring (bicyclic) bond motifs is 1. The SMILES string of the molecule is Cc1ccc2nnc(-c3ccc(N)c([N+](=O)[O-])c3)n2n1. The number of rotatable bonds is 2. The van der Waals surface area contributed by atoms with Gasteiger partial charge in [-0.3, -0.25) is 10.1 Å². The van der Waals surface area contributed by atoms with Crippen molar-refractivity contribution in [3.8, 4) is 11.4 Å². The molecule has 0 amide bonds. The van der Waals surface area contributed by atoms with Gasteiger partial charge in [-0.2, -0.15) is 9.61 Å². The van der Waals surface area contributed by atoms with Crippen LogP contribution in [0.2, 0.25) is 0 Å². The highest BCUT2D eigenvalue weighted by atomic mass is 16.6. The Morgan fingerprint density at radius 2 is 2.05 bits per heavy atom. The minimum atomic E-state index is -0.527. The Morgan fingerprint density at radius 1 is 1.25 bits per heavy atom. The van der Waals surface area contributed by atoms with Gasteiger partial charge in [0.15, 0.2) is 11.5 Å². The summed E-state index contributed by atoms with van der Waals surface area (Å²) >= 11 is 0. The number of anilines is 1. The molecule has 0 bridgehead atoms. The molecule has 8 heteroatoms. The first-order valence-electron chi connectivity index (χ1n) is 5.79. The Morgan fingerprint density at radius 3 is 2.80 bits per heavy atom. The molecule has 100 valence electrons. The smallest absolute Gasteiger partial charge is 0.292 e. The monoisotopic (exact) mass is 270 g/mol. The molecule has 2 N–H and O–H groups in total. The highest BCUT2D eigenvalue weighted by Crippen LogP contribution is 2.27. The molecule has 3 rings (SSSR count). The minimum Gasteiger partial charge on any atom is -0.393 e. The summed E-state index contributed by atoms with van der Waals surface area (Å²) < 4.78 is 1.55. The highest BCUT2D eigenvalue weighted by Gasteiger charge is 2.16. The summed E-state index contributed by atoms with van der Waals surface area (Å²) in [6.45, 7) is 1.84. The van der Waals surface area contributed by atoms with Crippen molar-refractivity contribution >= 4 is 17.0 Å². The van der Waals surface area contributed by atoms with Crippen molar-refractivity contribution in [3.05, 3.63) is 46.1 Å². The minimum absolute atomic E-state index is 0.108. The number of hydrogen-bond donors (Lipinski definition) is 1. The number of nitrogen functional groups attached to an aromatic ring is 1. The molecule has 0 spiro atoms. The Bertz CT molecular complexity index is 826. The van der Waals surface area contributed by atoms with Crippen molar-refractivity contribution in [1.29, 1.82) is 0 Å². The fraction of sp³-hybridized carbons (Fsp3) is 0.0833. The molecule has 0 fully saturated rings. The van der Waals surface area contributed by atoms with Crippen LogP contribution >= 0.6 is 0 Å². The zero-order valence-electron chi connectivity index (χ0n) is 10.5. The number of nitrogens with two attached hydrogens (primary N) is 1. The first kappa shape index (κ1) is 12.0. The average Bonchev–Trinajstić information content (AvgIpc) is 2.82. The van der Waals surface area contributed by atoms with Crippen LogP contribution < -0.4 is 5.73 Å². The maximum absolute atomic E-state index is 10.9. The van der Waals surface area contributed by atoms with Crippen molar-refractivity contribution < 1.29 is 4.92 Å². The zero-order chi connectivity index (χ0) is 14.3. The number of aromatic nitrogens is 4. The molecule has 0 unspecified atom stereocenters. The van der Waals surface area contributed by atoms with Crippen LogP contribution in [-0.2, 0) is 0 Å². The van der Waals surface area contributed by atoms with E-state index in [1.54, 1.807) is 16.6 Å². The summed E-state index contributed by atoms with van der Waals surface area (Å²) in [5.74, 6) is 0.437. The van der Waals surface area contributed by atoms with Gasteiger partial charge in [0.1, 0.15) is 5.69 Å². The van der Waals surface area contributed by atoms with Gasteiger partial charge in [0.05, 0.1) is 10.6 Å². The molecular weight excluding hydrogens is 260 g/mol. The van der Waals surface area contributed by atoms with Gasteiger partial charge in [-0.1, -0.05) is 0 Å². The van der Waals surface area contributed by atoms with Gasteiger partial charge in [0, 0.05) is 11.6 Å². The molecule has 0 radical (unpaired) electrons. The molecule has 0 atom stereocenters. The summed E-state index contributed by atoms with van der Waals surface area (Å²) in [5, 5.41) is 23.2. The molecule has 2 heterocycles. The molecule has 0 aliphatic carbocycles. The lowest BCUT2D eigenvalue weighted by atomic mass is 10.1. The van der Waals surface area contributed by atoms with Gasteiger partial charge in [0.25, 0.3) is 5.69 Å². The van der Waals surface area contributed by atoms with Crippen LogP contribution in [0.3, 0.4) is 0 Å². The number of hydrogen-bond acceptors (Lipinski definition) is 6. The Labute approximate surface area is 113 Å². The van der Waals surface area contributed by atoms with Crippen LogP contribution in [-0.4, -0.2) is 24.7 Å². The number of nitrogens with zero attached hydrogens (tertiary/aromatic N) is 5. The molecular formula is C12H10N6O2. The third-order valence-electron chi connectivity index (χ3n) is 2.88. The van der Waals surface area contributed by atoms with E-state index in [0.29, 0.717) is 17.0 Å². The predicted molar refractivity (Wildman–Crippen MR) is 72.0 cm³/mol. The first-order valence-corrected chi connectivity index (χ1v) is 5.79. The lowest BCUT2D eigenvalue weighted by molar-refractivity contribution is -0.383. The number of nitro benzene ring substituents is 1. The third-order valence-corrected chi connectivity index (χ3v) is 2.88. The summed E-state index contributed by atoms with van der Waals surface area (Å²) in [6.07, 6.45) is 0. The molecule has 8 nitrogen and oxygen atoms in total. The lowest BCUT2D eigenvalue weighted by Crippen LogP contribution is -1.99. The van der Waals surface area contributed by atoms with Gasteiger partial charge < -0.3 is 5.73 Å². The molecule has 0 saturated heterocycles. The highest BCUT2D eigenvalue weighted by molar-refractivity contribution is 5.69. The Kier molecular flexibility index (Phi) is 2.56. The number of aryl methyl sites for hydroxylation is 1. The van der Waals surface area contributed by atoms with Crippen LogP contribution in [0, 0.1) is 17.0 Å². The fourth-order valence-corrected chi connectivity index (χ4v) is 1.90.